The molecule has 0 nitrogen and oxygen atoms in total. The van der Waals surface area contributed by atoms with Gasteiger partial charge in [0.25, 0.3) is 0 Å². The zero-order valence-corrected chi connectivity index (χ0v) is 8.76. The van der Waals surface area contributed by atoms with Gasteiger partial charge in [0, 0.05) is 0 Å². The largest absolute Gasteiger partial charge is 0.121 e. The van der Waals surface area contributed by atoms with Gasteiger partial charge in [-0.15, -0.1) is 23.5 Å². The number of rotatable bonds is 1. The van der Waals surface area contributed by atoms with E-state index >= 15 is 0 Å². The Morgan fingerprint density at radius 3 is 2.58 bits per heavy atom. The van der Waals surface area contributed by atoms with Crippen LogP contribution in [0.4, 0.5) is 0 Å². The molecule has 0 saturated carbocycles. The Balaban J connectivity index is 2.04. The van der Waals surface area contributed by atoms with Crippen LogP contribution >= 0.6 is 23.5 Å². The molecule has 62 valence electrons. The highest BCUT2D eigenvalue weighted by Gasteiger charge is 2.26. The second kappa shape index (κ2) is 3.24. The maximum Gasteiger partial charge on any atom is 0.0861 e. The summed E-state index contributed by atoms with van der Waals surface area (Å²) in [5.74, 6) is 6.32. The molecule has 2 aliphatic rings. The maximum absolute atomic E-state index is 3.24. The van der Waals surface area contributed by atoms with Crippen LogP contribution in [0.15, 0.2) is 22.0 Å². The lowest BCUT2D eigenvalue weighted by Gasteiger charge is -2.27. The average Bonchev–Trinajstić information content (AvgIpc) is 1.99. The molecule has 0 saturated heterocycles. The van der Waals surface area contributed by atoms with Crippen LogP contribution in [-0.4, -0.2) is 10.5 Å². The molecule has 0 aromatic rings. The van der Waals surface area contributed by atoms with Gasteiger partial charge in [-0.05, 0) is 29.7 Å². The minimum absolute atomic E-state index is 0.490. The van der Waals surface area contributed by atoms with Gasteiger partial charge in [-0.25, -0.2) is 0 Å². The highest BCUT2D eigenvalue weighted by Crippen LogP contribution is 2.41. The average molecular weight is 194 g/mol. The van der Waals surface area contributed by atoms with Crippen LogP contribution < -0.4 is 0 Å². The normalized spacial score (nSPS) is 32.5. The molecule has 0 spiro atoms. The third kappa shape index (κ3) is 1.57. The fourth-order valence-electron chi connectivity index (χ4n) is 1.23. The molecule has 0 fully saturated rings. The minimum atomic E-state index is 0.490. The molecule has 2 rings (SSSR count). The topological polar surface area (TPSA) is 0 Å². The number of hydrogen-bond donors (Lipinski definition) is 0. The number of hydrogen-bond acceptors (Lipinski definition) is 2. The summed E-state index contributed by atoms with van der Waals surface area (Å²) in [6, 6.07) is 0. The predicted molar refractivity (Wildman–Crippen MR) is 58.0 cm³/mol. The summed E-state index contributed by atoms with van der Waals surface area (Å²) >= 11 is 3.84. The second-order valence-corrected chi connectivity index (χ2v) is 5.75. The standard InChI is InChI=1S/C10H10S2/c1-7-4-3-5-9(11-7)10-6-8(2)12-10/h4,6,9-10H,1-2H3. The van der Waals surface area contributed by atoms with Gasteiger partial charge in [0.1, 0.15) is 0 Å². The van der Waals surface area contributed by atoms with Gasteiger partial charge in [-0.1, -0.05) is 17.9 Å². The Kier molecular flexibility index (Phi) is 2.25. The van der Waals surface area contributed by atoms with Crippen molar-refractivity contribution in [1.82, 2.24) is 0 Å². The quantitative estimate of drug-likeness (QED) is 0.588. The van der Waals surface area contributed by atoms with Gasteiger partial charge in [0.05, 0.1) is 10.5 Å². The van der Waals surface area contributed by atoms with Gasteiger partial charge in [0.2, 0.25) is 0 Å². The monoisotopic (exact) mass is 194 g/mol. The fraction of sp³-hybridized carbons (Fsp3) is 0.400. The molecule has 0 aromatic heterocycles. The van der Waals surface area contributed by atoms with Crippen molar-refractivity contribution in [2.45, 2.75) is 24.3 Å². The van der Waals surface area contributed by atoms with E-state index in [2.05, 4.69) is 31.8 Å². The fourth-order valence-corrected chi connectivity index (χ4v) is 3.33. The Morgan fingerprint density at radius 1 is 1.25 bits per heavy atom. The van der Waals surface area contributed by atoms with Crippen molar-refractivity contribution in [1.29, 1.82) is 0 Å². The molecule has 2 aliphatic heterocycles. The summed E-state index contributed by atoms with van der Waals surface area (Å²) in [5, 5.41) is 1.12. The maximum atomic E-state index is 3.24. The lowest BCUT2D eigenvalue weighted by molar-refractivity contribution is 1.09. The summed E-state index contributed by atoms with van der Waals surface area (Å²) in [7, 11) is 0. The summed E-state index contributed by atoms with van der Waals surface area (Å²) < 4.78 is 0. The first-order valence-corrected chi connectivity index (χ1v) is 5.71. The predicted octanol–water partition coefficient (Wildman–Crippen LogP) is 3.03. The van der Waals surface area contributed by atoms with Crippen molar-refractivity contribution in [3.05, 3.63) is 22.0 Å². The first-order valence-electron chi connectivity index (χ1n) is 3.95. The third-order valence-electron chi connectivity index (χ3n) is 1.83. The zero-order chi connectivity index (χ0) is 8.55. The molecule has 12 heavy (non-hydrogen) atoms. The van der Waals surface area contributed by atoms with Crippen molar-refractivity contribution >= 4 is 23.5 Å². The van der Waals surface area contributed by atoms with Crippen LogP contribution in [0.1, 0.15) is 13.8 Å². The number of thioether (sulfide) groups is 2. The van der Waals surface area contributed by atoms with E-state index in [1.807, 2.05) is 29.6 Å². The Bertz CT molecular complexity index is 314. The molecule has 2 unspecified atom stereocenters. The van der Waals surface area contributed by atoms with E-state index < -0.39 is 0 Å². The highest BCUT2D eigenvalue weighted by atomic mass is 32.2. The van der Waals surface area contributed by atoms with Gasteiger partial charge in [-0.3, -0.25) is 0 Å². The van der Waals surface area contributed by atoms with Crippen LogP contribution in [0, 0.1) is 11.8 Å². The zero-order valence-electron chi connectivity index (χ0n) is 7.13. The molecule has 0 N–H and O–H groups in total. The van der Waals surface area contributed by atoms with Crippen molar-refractivity contribution in [3.63, 3.8) is 0 Å². The minimum Gasteiger partial charge on any atom is -0.121 e. The van der Waals surface area contributed by atoms with E-state index in [1.165, 1.54) is 9.81 Å². The van der Waals surface area contributed by atoms with Crippen LogP contribution in [0.2, 0.25) is 0 Å². The van der Waals surface area contributed by atoms with Crippen molar-refractivity contribution in [3.8, 4) is 11.8 Å². The molecule has 2 heteroatoms. The van der Waals surface area contributed by atoms with Crippen LogP contribution in [0.5, 0.6) is 0 Å². The lowest BCUT2D eigenvalue weighted by atomic mass is 10.2. The van der Waals surface area contributed by atoms with E-state index in [0.29, 0.717) is 10.5 Å². The van der Waals surface area contributed by atoms with E-state index in [-0.39, 0.29) is 0 Å². The SMILES string of the molecule is CC1=CC#CC(C2C=C(C)S2)S1. The summed E-state index contributed by atoms with van der Waals surface area (Å²) in [5.41, 5.74) is 0. The molecular formula is C10H10S2. The van der Waals surface area contributed by atoms with Crippen molar-refractivity contribution < 1.29 is 0 Å². The van der Waals surface area contributed by atoms with E-state index in [4.69, 9.17) is 0 Å². The molecule has 0 aromatic carbocycles. The summed E-state index contributed by atoms with van der Waals surface area (Å²) in [6.07, 6.45) is 4.32. The molecular weight excluding hydrogens is 184 g/mol. The molecule has 0 radical (unpaired) electrons. The second-order valence-electron chi connectivity index (χ2n) is 2.94. The van der Waals surface area contributed by atoms with Crippen LogP contribution in [-0.2, 0) is 0 Å². The molecule has 0 amide bonds. The smallest absolute Gasteiger partial charge is 0.0861 e. The van der Waals surface area contributed by atoms with Gasteiger partial charge < -0.3 is 0 Å². The van der Waals surface area contributed by atoms with Crippen molar-refractivity contribution in [2.75, 3.05) is 0 Å². The van der Waals surface area contributed by atoms with E-state index in [9.17, 15) is 0 Å². The van der Waals surface area contributed by atoms with Crippen LogP contribution in [0.3, 0.4) is 0 Å². The van der Waals surface area contributed by atoms with Crippen LogP contribution in [0.25, 0.3) is 0 Å². The summed E-state index contributed by atoms with van der Waals surface area (Å²) in [6.45, 7) is 4.29. The lowest BCUT2D eigenvalue weighted by Crippen LogP contribution is -2.22. The van der Waals surface area contributed by atoms with Crippen molar-refractivity contribution in [2.24, 2.45) is 0 Å². The number of allylic oxidation sites excluding steroid dienone is 3. The molecule has 2 atom stereocenters. The van der Waals surface area contributed by atoms with Gasteiger partial charge in [-0.2, -0.15) is 0 Å². The van der Waals surface area contributed by atoms with E-state index in [0.717, 1.165) is 0 Å². The van der Waals surface area contributed by atoms with Gasteiger partial charge in [0.15, 0.2) is 0 Å². The van der Waals surface area contributed by atoms with E-state index in [1.54, 1.807) is 0 Å². The summed E-state index contributed by atoms with van der Waals surface area (Å²) in [4.78, 5) is 2.78. The molecule has 2 heterocycles. The molecule has 0 aliphatic carbocycles. The Morgan fingerprint density at radius 2 is 2.00 bits per heavy atom. The molecule has 0 bridgehead atoms. The first-order chi connectivity index (χ1) is 5.75. The first kappa shape index (κ1) is 8.34. The highest BCUT2D eigenvalue weighted by molar-refractivity contribution is 8.08. The van der Waals surface area contributed by atoms with Gasteiger partial charge >= 0.3 is 0 Å². The Labute approximate surface area is 81.9 Å². The Hall–Kier alpha value is -0.260. The third-order valence-corrected chi connectivity index (χ3v) is 4.35.